The molecule has 2 rings (SSSR count). The molecule has 1 N–H and O–H groups in total. The van der Waals surface area contributed by atoms with E-state index >= 15 is 0 Å². The molecule has 1 aromatic carbocycles. The summed E-state index contributed by atoms with van der Waals surface area (Å²) in [5.74, 6) is 0.419. The van der Waals surface area contributed by atoms with E-state index in [-0.39, 0.29) is 11.9 Å². The fourth-order valence-corrected chi connectivity index (χ4v) is 1.93. The molecule has 0 spiro atoms. The summed E-state index contributed by atoms with van der Waals surface area (Å²) < 4.78 is 13.4. The van der Waals surface area contributed by atoms with Gasteiger partial charge in [0.15, 0.2) is 0 Å². The van der Waals surface area contributed by atoms with Gasteiger partial charge in [-0.25, -0.2) is 14.4 Å². The van der Waals surface area contributed by atoms with Crippen LogP contribution in [0.5, 0.6) is 0 Å². The molecule has 0 aliphatic carbocycles. The number of halogens is 1. The van der Waals surface area contributed by atoms with Crippen molar-refractivity contribution in [3.8, 4) is 0 Å². The number of rotatable bonds is 4. The van der Waals surface area contributed by atoms with E-state index in [1.54, 1.807) is 30.6 Å². The van der Waals surface area contributed by atoms with E-state index in [2.05, 4.69) is 15.3 Å². The van der Waals surface area contributed by atoms with E-state index in [9.17, 15) is 4.39 Å². The highest BCUT2D eigenvalue weighted by Crippen LogP contribution is 2.22. The van der Waals surface area contributed by atoms with E-state index in [4.69, 9.17) is 0 Å². The van der Waals surface area contributed by atoms with Crippen LogP contribution in [0.15, 0.2) is 36.7 Å². The van der Waals surface area contributed by atoms with Crippen LogP contribution in [0.3, 0.4) is 0 Å². The SMILES string of the molecule is CCNC(c1ncccn1)c1cc(F)ccc1C. The summed E-state index contributed by atoms with van der Waals surface area (Å²) in [6.45, 7) is 4.73. The van der Waals surface area contributed by atoms with Gasteiger partial charge in [0.05, 0.1) is 6.04 Å². The molecule has 0 radical (unpaired) electrons. The van der Waals surface area contributed by atoms with Gasteiger partial charge in [0.25, 0.3) is 0 Å². The number of aromatic nitrogens is 2. The molecule has 1 heterocycles. The van der Waals surface area contributed by atoms with Crippen molar-refractivity contribution < 1.29 is 4.39 Å². The van der Waals surface area contributed by atoms with Gasteiger partial charge in [-0.1, -0.05) is 13.0 Å². The number of nitrogens with one attached hydrogen (secondary N) is 1. The largest absolute Gasteiger partial charge is 0.304 e. The van der Waals surface area contributed by atoms with Crippen molar-refractivity contribution in [3.05, 3.63) is 59.4 Å². The van der Waals surface area contributed by atoms with Crippen molar-refractivity contribution in [1.82, 2.24) is 15.3 Å². The maximum atomic E-state index is 13.4. The predicted octanol–water partition coefficient (Wildman–Crippen LogP) is 2.62. The van der Waals surface area contributed by atoms with E-state index in [1.807, 2.05) is 13.8 Å². The van der Waals surface area contributed by atoms with Crippen molar-refractivity contribution in [2.24, 2.45) is 0 Å². The van der Waals surface area contributed by atoms with Gasteiger partial charge in [-0.3, -0.25) is 0 Å². The van der Waals surface area contributed by atoms with Gasteiger partial charge in [-0.2, -0.15) is 0 Å². The molecule has 0 bridgehead atoms. The Labute approximate surface area is 106 Å². The summed E-state index contributed by atoms with van der Waals surface area (Å²) in [4.78, 5) is 8.50. The smallest absolute Gasteiger partial charge is 0.149 e. The maximum Gasteiger partial charge on any atom is 0.149 e. The Bertz CT molecular complexity index is 514. The van der Waals surface area contributed by atoms with Crippen LogP contribution in [0.25, 0.3) is 0 Å². The van der Waals surface area contributed by atoms with Gasteiger partial charge in [0.2, 0.25) is 0 Å². The zero-order valence-corrected chi connectivity index (χ0v) is 10.5. The quantitative estimate of drug-likeness (QED) is 0.899. The summed E-state index contributed by atoms with van der Waals surface area (Å²) in [6, 6.07) is 6.38. The highest BCUT2D eigenvalue weighted by Gasteiger charge is 2.18. The van der Waals surface area contributed by atoms with Crippen LogP contribution in [-0.2, 0) is 0 Å². The van der Waals surface area contributed by atoms with Gasteiger partial charge in [-0.15, -0.1) is 0 Å². The monoisotopic (exact) mass is 245 g/mol. The zero-order valence-electron chi connectivity index (χ0n) is 10.5. The fourth-order valence-electron chi connectivity index (χ4n) is 1.93. The van der Waals surface area contributed by atoms with Crippen LogP contribution < -0.4 is 5.32 Å². The number of hydrogen-bond donors (Lipinski definition) is 1. The Morgan fingerprint density at radius 1 is 1.28 bits per heavy atom. The Balaban J connectivity index is 2.44. The number of hydrogen-bond acceptors (Lipinski definition) is 3. The molecule has 1 atom stereocenters. The summed E-state index contributed by atoms with van der Waals surface area (Å²) in [6.07, 6.45) is 3.39. The van der Waals surface area contributed by atoms with E-state index in [0.29, 0.717) is 5.82 Å². The fraction of sp³-hybridized carbons (Fsp3) is 0.286. The third kappa shape index (κ3) is 2.71. The molecule has 0 amide bonds. The predicted molar refractivity (Wildman–Crippen MR) is 68.7 cm³/mol. The standard InChI is InChI=1S/C14H16FN3/c1-3-16-13(14-17-7-4-8-18-14)12-9-11(15)6-5-10(12)2/h4-9,13,16H,3H2,1-2H3. The second-order valence-electron chi connectivity index (χ2n) is 4.10. The molecule has 1 unspecified atom stereocenters. The first-order chi connectivity index (χ1) is 8.72. The third-order valence-electron chi connectivity index (χ3n) is 2.80. The summed E-state index contributed by atoms with van der Waals surface area (Å²) in [5, 5.41) is 3.29. The molecule has 94 valence electrons. The number of aryl methyl sites for hydroxylation is 1. The summed E-state index contributed by atoms with van der Waals surface area (Å²) in [7, 11) is 0. The lowest BCUT2D eigenvalue weighted by molar-refractivity contribution is 0.580. The topological polar surface area (TPSA) is 37.8 Å². The van der Waals surface area contributed by atoms with Crippen molar-refractivity contribution in [3.63, 3.8) is 0 Å². The normalized spacial score (nSPS) is 12.4. The Kier molecular flexibility index (Phi) is 3.99. The summed E-state index contributed by atoms with van der Waals surface area (Å²) >= 11 is 0. The first-order valence-corrected chi connectivity index (χ1v) is 5.98. The molecule has 0 saturated carbocycles. The average molecular weight is 245 g/mol. The highest BCUT2D eigenvalue weighted by molar-refractivity contribution is 5.33. The van der Waals surface area contributed by atoms with Gasteiger partial charge >= 0.3 is 0 Å². The van der Waals surface area contributed by atoms with E-state index in [1.165, 1.54) is 6.07 Å². The molecule has 1 aromatic heterocycles. The maximum absolute atomic E-state index is 13.4. The molecule has 0 aliphatic rings. The second kappa shape index (κ2) is 5.69. The Morgan fingerprint density at radius 2 is 2.00 bits per heavy atom. The van der Waals surface area contributed by atoms with Gasteiger partial charge in [-0.05, 0) is 42.8 Å². The second-order valence-corrected chi connectivity index (χ2v) is 4.10. The van der Waals surface area contributed by atoms with Crippen LogP contribution in [0.1, 0.15) is 29.9 Å². The Hall–Kier alpha value is -1.81. The number of benzene rings is 1. The minimum Gasteiger partial charge on any atom is -0.304 e. The average Bonchev–Trinajstić information content (AvgIpc) is 2.40. The zero-order chi connectivity index (χ0) is 13.0. The van der Waals surface area contributed by atoms with Crippen LogP contribution in [0.2, 0.25) is 0 Å². The van der Waals surface area contributed by atoms with Crippen molar-refractivity contribution in [2.45, 2.75) is 19.9 Å². The van der Waals surface area contributed by atoms with Crippen LogP contribution >= 0.6 is 0 Å². The van der Waals surface area contributed by atoms with Gasteiger partial charge < -0.3 is 5.32 Å². The van der Waals surface area contributed by atoms with E-state index < -0.39 is 0 Å². The lowest BCUT2D eigenvalue weighted by atomic mass is 10.0. The van der Waals surface area contributed by atoms with Crippen molar-refractivity contribution >= 4 is 0 Å². The molecular weight excluding hydrogens is 229 g/mol. The minimum atomic E-state index is -0.241. The first-order valence-electron chi connectivity index (χ1n) is 5.98. The molecule has 0 fully saturated rings. The molecule has 3 nitrogen and oxygen atoms in total. The van der Waals surface area contributed by atoms with Gasteiger partial charge in [0.1, 0.15) is 11.6 Å². The lowest BCUT2D eigenvalue weighted by Crippen LogP contribution is -2.24. The molecule has 2 aromatic rings. The number of nitrogens with zero attached hydrogens (tertiary/aromatic N) is 2. The minimum absolute atomic E-state index is 0.174. The molecule has 18 heavy (non-hydrogen) atoms. The van der Waals surface area contributed by atoms with Crippen LogP contribution in [-0.4, -0.2) is 16.5 Å². The first kappa shape index (κ1) is 12.6. The van der Waals surface area contributed by atoms with E-state index in [0.717, 1.165) is 17.7 Å². The van der Waals surface area contributed by atoms with Crippen molar-refractivity contribution in [1.29, 1.82) is 0 Å². The molecule has 0 saturated heterocycles. The highest BCUT2D eigenvalue weighted by atomic mass is 19.1. The molecular formula is C14H16FN3. The molecule has 0 aliphatic heterocycles. The van der Waals surface area contributed by atoms with Crippen LogP contribution in [0.4, 0.5) is 4.39 Å². The van der Waals surface area contributed by atoms with Gasteiger partial charge in [0, 0.05) is 12.4 Å². The van der Waals surface area contributed by atoms with Crippen LogP contribution in [0, 0.1) is 12.7 Å². The Morgan fingerprint density at radius 3 is 2.67 bits per heavy atom. The third-order valence-corrected chi connectivity index (χ3v) is 2.80. The lowest BCUT2D eigenvalue weighted by Gasteiger charge is -2.18. The summed E-state index contributed by atoms with van der Waals surface area (Å²) in [5.41, 5.74) is 1.90. The molecule has 4 heteroatoms. The van der Waals surface area contributed by atoms with Crippen molar-refractivity contribution in [2.75, 3.05) is 6.54 Å².